The minimum atomic E-state index is -0.490. The van der Waals surface area contributed by atoms with Gasteiger partial charge in [0.25, 0.3) is 0 Å². The molecule has 0 aliphatic rings. The van der Waals surface area contributed by atoms with Crippen LogP contribution < -0.4 is 15.3 Å². The number of aromatic nitrogens is 1. The molecular formula is C17H16BrNO3. The summed E-state index contributed by atoms with van der Waals surface area (Å²) in [6.07, 6.45) is 1.85. The molecule has 0 N–H and O–H groups in total. The van der Waals surface area contributed by atoms with Gasteiger partial charge in [0.15, 0.2) is 5.69 Å². The van der Waals surface area contributed by atoms with Gasteiger partial charge in [0.05, 0.1) is 12.0 Å². The molecule has 114 valence electrons. The van der Waals surface area contributed by atoms with Gasteiger partial charge in [0.1, 0.15) is 11.5 Å². The van der Waals surface area contributed by atoms with E-state index in [9.17, 15) is 4.79 Å². The summed E-state index contributed by atoms with van der Waals surface area (Å²) in [5.41, 5.74) is 0.185. The van der Waals surface area contributed by atoms with E-state index in [1.165, 1.54) is 0 Å². The minimum Gasteiger partial charge on any atom is -0.461 e. The zero-order valence-electron chi connectivity index (χ0n) is 12.4. The Kier molecular flexibility index (Phi) is 5.33. The van der Waals surface area contributed by atoms with Crippen LogP contribution in [0.4, 0.5) is 0 Å². The first kappa shape index (κ1) is 16.2. The van der Waals surface area contributed by atoms with Gasteiger partial charge in [-0.1, -0.05) is 28.6 Å². The molecule has 1 aromatic carbocycles. The van der Waals surface area contributed by atoms with E-state index in [4.69, 9.17) is 9.47 Å². The maximum Gasteiger partial charge on any atom is 0.357 e. The number of esters is 1. The average molecular weight is 362 g/mol. The third-order valence-electron chi connectivity index (χ3n) is 2.91. The first-order chi connectivity index (χ1) is 10.5. The molecule has 0 saturated heterocycles. The summed E-state index contributed by atoms with van der Waals surface area (Å²) in [6, 6.07) is 8.99. The number of hydrogen-bond donors (Lipinski definition) is 0. The third-order valence-corrected chi connectivity index (χ3v) is 3.44. The van der Waals surface area contributed by atoms with Gasteiger partial charge in [0, 0.05) is 15.8 Å². The van der Waals surface area contributed by atoms with Gasteiger partial charge < -0.3 is 9.47 Å². The molecule has 0 bridgehead atoms. The number of ether oxygens (including phenoxy) is 2. The van der Waals surface area contributed by atoms with E-state index in [-0.39, 0.29) is 12.3 Å². The van der Waals surface area contributed by atoms with Crippen molar-refractivity contribution in [1.82, 2.24) is 4.98 Å². The molecule has 1 aromatic heterocycles. The van der Waals surface area contributed by atoms with Crippen molar-refractivity contribution in [2.24, 2.45) is 0 Å². The predicted molar refractivity (Wildman–Crippen MR) is 89.3 cm³/mol. The fraction of sp³-hybridized carbons (Fsp3) is 0.176. The number of rotatable bonds is 4. The number of carbonyl (C=O) groups is 1. The molecule has 0 fully saturated rings. The molecule has 0 atom stereocenters. The molecule has 5 heteroatoms. The van der Waals surface area contributed by atoms with E-state index >= 15 is 0 Å². The van der Waals surface area contributed by atoms with E-state index in [1.807, 2.05) is 37.3 Å². The normalized spacial score (nSPS) is 11.3. The van der Waals surface area contributed by atoms with Crippen LogP contribution >= 0.6 is 15.9 Å². The first-order valence-corrected chi connectivity index (χ1v) is 7.61. The van der Waals surface area contributed by atoms with Crippen LogP contribution in [0.25, 0.3) is 12.7 Å². The Morgan fingerprint density at radius 3 is 2.64 bits per heavy atom. The number of nitrogens with zero attached hydrogens (tertiary/aromatic N) is 1. The Labute approximate surface area is 137 Å². The van der Waals surface area contributed by atoms with E-state index < -0.39 is 5.97 Å². The second-order valence-electron chi connectivity index (χ2n) is 4.43. The highest BCUT2D eigenvalue weighted by Crippen LogP contribution is 2.21. The second-order valence-corrected chi connectivity index (χ2v) is 5.35. The van der Waals surface area contributed by atoms with Gasteiger partial charge in [-0.05, 0) is 38.1 Å². The fourth-order valence-corrected chi connectivity index (χ4v) is 2.18. The van der Waals surface area contributed by atoms with Crippen LogP contribution in [-0.2, 0) is 4.74 Å². The summed E-state index contributed by atoms with van der Waals surface area (Å²) in [5, 5.41) is 1.22. The highest BCUT2D eigenvalue weighted by atomic mass is 79.9. The van der Waals surface area contributed by atoms with E-state index in [1.54, 1.807) is 13.0 Å². The van der Waals surface area contributed by atoms with Crippen molar-refractivity contribution in [3.8, 4) is 11.5 Å². The van der Waals surface area contributed by atoms with Crippen molar-refractivity contribution in [2.45, 2.75) is 13.8 Å². The molecule has 4 nitrogen and oxygen atoms in total. The maximum atomic E-state index is 11.9. The molecule has 0 radical (unpaired) electrons. The van der Waals surface area contributed by atoms with Gasteiger partial charge in [-0.2, -0.15) is 0 Å². The molecule has 22 heavy (non-hydrogen) atoms. The molecular weight excluding hydrogens is 346 g/mol. The Morgan fingerprint density at radius 2 is 2.05 bits per heavy atom. The summed E-state index contributed by atoms with van der Waals surface area (Å²) in [4.78, 5) is 16.0. The van der Waals surface area contributed by atoms with Crippen LogP contribution in [0.15, 0.2) is 34.8 Å². The molecule has 0 unspecified atom stereocenters. The maximum absolute atomic E-state index is 11.9. The molecule has 2 aromatic rings. The van der Waals surface area contributed by atoms with Crippen molar-refractivity contribution in [1.29, 1.82) is 0 Å². The lowest BCUT2D eigenvalue weighted by molar-refractivity contribution is 0.0518. The van der Waals surface area contributed by atoms with Crippen LogP contribution in [0.2, 0.25) is 0 Å². The van der Waals surface area contributed by atoms with Crippen LogP contribution in [-0.4, -0.2) is 17.6 Å². The smallest absolute Gasteiger partial charge is 0.357 e. The Bertz CT molecular complexity index is 785. The summed E-state index contributed by atoms with van der Waals surface area (Å²) in [5.74, 6) is 0.690. The molecule has 0 saturated carbocycles. The minimum absolute atomic E-state index is 0.185. The largest absolute Gasteiger partial charge is 0.461 e. The molecule has 0 aliphatic heterocycles. The molecule has 1 heterocycles. The summed E-state index contributed by atoms with van der Waals surface area (Å²) < 4.78 is 11.8. The summed E-state index contributed by atoms with van der Waals surface area (Å²) >= 11 is 3.38. The van der Waals surface area contributed by atoms with E-state index in [0.29, 0.717) is 16.8 Å². The quantitative estimate of drug-likeness (QED) is 0.785. The molecule has 2 rings (SSSR count). The fourth-order valence-electron chi connectivity index (χ4n) is 1.91. The molecule has 0 spiro atoms. The van der Waals surface area contributed by atoms with Crippen LogP contribution in [0.1, 0.15) is 24.3 Å². The van der Waals surface area contributed by atoms with Crippen LogP contribution in [0.5, 0.6) is 11.5 Å². The summed E-state index contributed by atoms with van der Waals surface area (Å²) in [6.45, 7) is 7.77. The van der Waals surface area contributed by atoms with Gasteiger partial charge >= 0.3 is 5.97 Å². The third kappa shape index (κ3) is 3.74. The average Bonchev–Trinajstić information content (AvgIpc) is 2.49. The number of carbonyl (C=O) groups excluding carboxylic acids is 1. The zero-order valence-corrected chi connectivity index (χ0v) is 14.0. The zero-order chi connectivity index (χ0) is 16.1. The van der Waals surface area contributed by atoms with Gasteiger partial charge in [-0.15, -0.1) is 0 Å². The van der Waals surface area contributed by atoms with Gasteiger partial charge in [-0.25, -0.2) is 9.78 Å². The van der Waals surface area contributed by atoms with Crippen molar-refractivity contribution >= 4 is 34.6 Å². The Morgan fingerprint density at radius 1 is 1.36 bits per heavy atom. The topological polar surface area (TPSA) is 48.4 Å². The SMILES string of the molecule is C=c1nc(C(=O)OCC)cc(Oc2ccc(Br)cc2)/c1=C/C. The lowest BCUT2D eigenvalue weighted by Gasteiger charge is -2.09. The number of hydrogen-bond acceptors (Lipinski definition) is 4. The first-order valence-electron chi connectivity index (χ1n) is 6.82. The lowest BCUT2D eigenvalue weighted by Crippen LogP contribution is -2.30. The van der Waals surface area contributed by atoms with Crippen molar-refractivity contribution in [3.05, 3.63) is 51.1 Å². The van der Waals surface area contributed by atoms with Gasteiger partial charge in [-0.3, -0.25) is 0 Å². The molecule has 0 aliphatic carbocycles. The summed E-state index contributed by atoms with van der Waals surface area (Å²) in [7, 11) is 0. The predicted octanol–water partition coefficient (Wildman–Crippen LogP) is 3.02. The lowest BCUT2D eigenvalue weighted by atomic mass is 10.2. The van der Waals surface area contributed by atoms with E-state index in [0.717, 1.165) is 9.69 Å². The Hall–Kier alpha value is -2.14. The molecule has 0 amide bonds. The number of benzene rings is 1. The van der Waals surface area contributed by atoms with Crippen LogP contribution in [0.3, 0.4) is 0 Å². The van der Waals surface area contributed by atoms with Gasteiger partial charge in [0.2, 0.25) is 0 Å². The second kappa shape index (κ2) is 7.22. The number of halogens is 1. The highest BCUT2D eigenvalue weighted by molar-refractivity contribution is 9.10. The van der Waals surface area contributed by atoms with Crippen LogP contribution in [0, 0.1) is 0 Å². The van der Waals surface area contributed by atoms with Crippen molar-refractivity contribution < 1.29 is 14.3 Å². The van der Waals surface area contributed by atoms with Crippen molar-refractivity contribution in [2.75, 3.05) is 6.61 Å². The number of pyridine rings is 1. The standard InChI is InChI=1S/C17H16BrNO3/c1-4-14-11(3)19-15(17(20)21-5-2)10-16(14)22-13-8-6-12(18)7-9-13/h4,6-10H,3,5H2,1-2H3/b14-4+. The van der Waals surface area contributed by atoms with E-state index in [2.05, 4.69) is 27.5 Å². The monoisotopic (exact) mass is 361 g/mol. The Balaban J connectivity index is 2.46. The van der Waals surface area contributed by atoms with Crippen molar-refractivity contribution in [3.63, 3.8) is 0 Å². The highest BCUT2D eigenvalue weighted by Gasteiger charge is 2.12.